The Balaban J connectivity index is 1.66. The third-order valence-corrected chi connectivity index (χ3v) is 4.49. The van der Waals surface area contributed by atoms with E-state index in [2.05, 4.69) is 15.3 Å². The molecule has 0 amide bonds. The molecule has 25 heavy (non-hydrogen) atoms. The first-order chi connectivity index (χ1) is 12.1. The van der Waals surface area contributed by atoms with Gasteiger partial charge in [-0.1, -0.05) is 30.3 Å². The number of nitrogens with one attached hydrogen (secondary N) is 3. The Labute approximate surface area is 144 Å². The standard InChI is InChI=1S/C19H19N5O/c1-13-18(19(25)24(23(13)2)14-8-4-3-5-9-14)20-12-17-21-15-10-6-7-11-16(15)22-17/h3-11,20H,12H2,1-2H3,(H,21,22)/p+1. The van der Waals surface area contributed by atoms with Crippen LogP contribution in [0.1, 0.15) is 11.5 Å². The molecule has 3 N–H and O–H groups in total. The Bertz CT molecular complexity index is 1060. The van der Waals surface area contributed by atoms with Crippen LogP contribution in [-0.2, 0) is 13.6 Å². The molecule has 0 spiro atoms. The lowest BCUT2D eigenvalue weighted by Crippen LogP contribution is -2.21. The molecule has 2 aromatic heterocycles. The number of imidazole rings is 1. The number of hydrogen-bond donors (Lipinski definition) is 2. The van der Waals surface area contributed by atoms with Crippen LogP contribution in [0.25, 0.3) is 16.7 Å². The largest absolute Gasteiger partial charge is 0.368 e. The van der Waals surface area contributed by atoms with Crippen molar-refractivity contribution >= 4 is 16.7 Å². The highest BCUT2D eigenvalue weighted by Gasteiger charge is 2.17. The van der Waals surface area contributed by atoms with E-state index in [1.807, 2.05) is 73.3 Å². The molecule has 0 aliphatic rings. The minimum Gasteiger partial charge on any atom is -0.368 e. The lowest BCUT2D eigenvalue weighted by molar-refractivity contribution is -0.357. The molecule has 6 heteroatoms. The van der Waals surface area contributed by atoms with Crippen LogP contribution in [0.5, 0.6) is 0 Å². The zero-order valence-corrected chi connectivity index (χ0v) is 14.2. The molecule has 6 nitrogen and oxygen atoms in total. The van der Waals surface area contributed by atoms with E-state index in [-0.39, 0.29) is 5.56 Å². The fraction of sp³-hybridized carbons (Fsp3) is 0.158. The van der Waals surface area contributed by atoms with E-state index in [0.717, 1.165) is 28.2 Å². The Morgan fingerprint density at radius 2 is 1.80 bits per heavy atom. The maximum atomic E-state index is 12.9. The number of anilines is 1. The van der Waals surface area contributed by atoms with Gasteiger partial charge in [-0.15, -0.1) is 0 Å². The molecule has 126 valence electrons. The molecule has 2 heterocycles. The summed E-state index contributed by atoms with van der Waals surface area (Å²) in [6.07, 6.45) is 0. The van der Waals surface area contributed by atoms with E-state index in [4.69, 9.17) is 0 Å². The normalized spacial score (nSPS) is 11.1. The first-order valence-corrected chi connectivity index (χ1v) is 8.22. The highest BCUT2D eigenvalue weighted by atomic mass is 16.1. The predicted molar refractivity (Wildman–Crippen MR) is 97.9 cm³/mol. The lowest BCUT2D eigenvalue weighted by atomic mass is 10.3. The Hall–Kier alpha value is -3.28. The van der Waals surface area contributed by atoms with Gasteiger partial charge in [0.2, 0.25) is 0 Å². The minimum absolute atomic E-state index is 0.0534. The SMILES string of the molecule is Cc1c(NCc2[nH]c3ccccc3[nH+]2)c(=O)n(-c2ccccc2)n1C. The van der Waals surface area contributed by atoms with Crippen molar-refractivity contribution in [2.75, 3.05) is 5.32 Å². The van der Waals surface area contributed by atoms with Crippen LogP contribution in [0, 0.1) is 6.92 Å². The third kappa shape index (κ3) is 2.61. The summed E-state index contributed by atoms with van der Waals surface area (Å²) < 4.78 is 3.54. The Kier molecular flexibility index (Phi) is 3.65. The number of para-hydroxylation sites is 3. The summed E-state index contributed by atoms with van der Waals surface area (Å²) >= 11 is 0. The quantitative estimate of drug-likeness (QED) is 0.602. The lowest BCUT2D eigenvalue weighted by Gasteiger charge is -2.07. The van der Waals surface area contributed by atoms with E-state index in [1.54, 1.807) is 4.68 Å². The minimum atomic E-state index is -0.0534. The first-order valence-electron chi connectivity index (χ1n) is 8.22. The zero-order chi connectivity index (χ0) is 17.4. The van der Waals surface area contributed by atoms with Crippen molar-refractivity contribution in [3.63, 3.8) is 0 Å². The van der Waals surface area contributed by atoms with Gasteiger partial charge in [-0.3, -0.25) is 9.48 Å². The summed E-state index contributed by atoms with van der Waals surface area (Å²) in [4.78, 5) is 19.5. The van der Waals surface area contributed by atoms with Crippen LogP contribution in [0.15, 0.2) is 59.4 Å². The van der Waals surface area contributed by atoms with Crippen LogP contribution in [0.2, 0.25) is 0 Å². The van der Waals surface area contributed by atoms with Gasteiger partial charge >= 0.3 is 0 Å². The molecule has 0 aliphatic carbocycles. The van der Waals surface area contributed by atoms with Crippen molar-refractivity contribution < 1.29 is 4.98 Å². The van der Waals surface area contributed by atoms with Gasteiger partial charge in [0, 0.05) is 7.05 Å². The molecule has 4 aromatic rings. The molecule has 0 saturated carbocycles. The average Bonchev–Trinajstić information content (AvgIpc) is 3.13. The summed E-state index contributed by atoms with van der Waals surface area (Å²) in [6.45, 7) is 2.46. The summed E-state index contributed by atoms with van der Waals surface area (Å²) in [5.41, 5.74) is 4.39. The summed E-state index contributed by atoms with van der Waals surface area (Å²) in [7, 11) is 1.89. The highest BCUT2D eigenvalue weighted by Crippen LogP contribution is 2.14. The van der Waals surface area contributed by atoms with Gasteiger partial charge in [0.15, 0.2) is 11.0 Å². The monoisotopic (exact) mass is 334 g/mol. The molecule has 4 rings (SSSR count). The molecule has 0 atom stereocenters. The number of aromatic amines is 2. The molecular formula is C19H20N5O+. The molecule has 0 saturated heterocycles. The average molecular weight is 334 g/mol. The second kappa shape index (κ2) is 5.98. The first kappa shape index (κ1) is 15.3. The van der Waals surface area contributed by atoms with Gasteiger partial charge in [-0.25, -0.2) is 14.6 Å². The van der Waals surface area contributed by atoms with Crippen LogP contribution >= 0.6 is 0 Å². The maximum absolute atomic E-state index is 12.9. The highest BCUT2D eigenvalue weighted by molar-refractivity contribution is 5.70. The van der Waals surface area contributed by atoms with Gasteiger partial charge in [-0.2, -0.15) is 0 Å². The van der Waals surface area contributed by atoms with Crippen molar-refractivity contribution in [1.29, 1.82) is 0 Å². The number of aromatic nitrogens is 4. The van der Waals surface area contributed by atoms with E-state index >= 15 is 0 Å². The Morgan fingerprint density at radius 1 is 1.08 bits per heavy atom. The van der Waals surface area contributed by atoms with Crippen LogP contribution in [-0.4, -0.2) is 14.3 Å². The smallest absolute Gasteiger partial charge is 0.295 e. The number of fused-ring (bicyclic) bond motifs is 1. The second-order valence-corrected chi connectivity index (χ2v) is 6.06. The van der Waals surface area contributed by atoms with E-state index in [0.29, 0.717) is 12.2 Å². The predicted octanol–water partition coefficient (Wildman–Crippen LogP) is 2.39. The second-order valence-electron chi connectivity index (χ2n) is 6.06. The van der Waals surface area contributed by atoms with Crippen LogP contribution < -0.4 is 15.9 Å². The molecular weight excluding hydrogens is 314 g/mol. The zero-order valence-electron chi connectivity index (χ0n) is 14.2. The van der Waals surface area contributed by atoms with E-state index in [9.17, 15) is 4.79 Å². The number of benzene rings is 2. The van der Waals surface area contributed by atoms with Crippen LogP contribution in [0.3, 0.4) is 0 Å². The summed E-state index contributed by atoms with van der Waals surface area (Å²) in [5.74, 6) is 0.926. The molecule has 2 aromatic carbocycles. The Morgan fingerprint density at radius 3 is 2.56 bits per heavy atom. The molecule has 0 unspecified atom stereocenters. The number of rotatable bonds is 4. The molecule has 0 fully saturated rings. The van der Waals surface area contributed by atoms with Crippen molar-refractivity contribution in [2.45, 2.75) is 13.5 Å². The third-order valence-electron chi connectivity index (χ3n) is 4.49. The van der Waals surface area contributed by atoms with Gasteiger partial charge in [0.1, 0.15) is 12.2 Å². The molecule has 0 radical (unpaired) electrons. The van der Waals surface area contributed by atoms with Crippen molar-refractivity contribution in [3.8, 4) is 5.69 Å². The van der Waals surface area contributed by atoms with Gasteiger partial charge < -0.3 is 5.32 Å². The number of hydrogen-bond acceptors (Lipinski definition) is 2. The molecule has 0 aliphatic heterocycles. The van der Waals surface area contributed by atoms with Crippen molar-refractivity contribution in [2.24, 2.45) is 7.05 Å². The maximum Gasteiger partial charge on any atom is 0.295 e. The fourth-order valence-electron chi connectivity index (χ4n) is 3.09. The topological polar surface area (TPSA) is 68.9 Å². The fourth-order valence-corrected chi connectivity index (χ4v) is 3.09. The van der Waals surface area contributed by atoms with Gasteiger partial charge in [0.05, 0.1) is 11.4 Å². The van der Waals surface area contributed by atoms with E-state index < -0.39 is 0 Å². The van der Waals surface area contributed by atoms with Crippen molar-refractivity contribution in [3.05, 3.63) is 76.5 Å². The van der Waals surface area contributed by atoms with Gasteiger partial charge in [-0.05, 0) is 31.2 Å². The number of nitrogens with zero attached hydrogens (tertiary/aromatic N) is 2. The summed E-state index contributed by atoms with van der Waals surface area (Å²) in [5, 5.41) is 3.27. The van der Waals surface area contributed by atoms with E-state index in [1.165, 1.54) is 0 Å². The summed E-state index contributed by atoms with van der Waals surface area (Å²) in [6, 6.07) is 17.7. The van der Waals surface area contributed by atoms with Crippen LogP contribution in [0.4, 0.5) is 5.69 Å². The molecule has 0 bridgehead atoms. The van der Waals surface area contributed by atoms with Crippen molar-refractivity contribution in [1.82, 2.24) is 14.3 Å². The number of H-pyrrole nitrogens is 2. The van der Waals surface area contributed by atoms with Gasteiger partial charge in [0.25, 0.3) is 11.4 Å².